The zero-order valence-corrected chi connectivity index (χ0v) is 7.91. The van der Waals surface area contributed by atoms with E-state index in [1.165, 1.54) is 18.3 Å². The number of hydrogen-bond acceptors (Lipinski definition) is 3. The van der Waals surface area contributed by atoms with Crippen molar-refractivity contribution in [1.82, 2.24) is 0 Å². The largest absolute Gasteiger partial charge is 0.461 e. The zero-order valence-electron chi connectivity index (χ0n) is 7.91. The first-order valence-corrected chi connectivity index (χ1v) is 4.14. The lowest BCUT2D eigenvalue weighted by molar-refractivity contribution is -0.253. The van der Waals surface area contributed by atoms with Crippen molar-refractivity contribution >= 4 is 6.21 Å². The number of rotatable bonds is 4. The van der Waals surface area contributed by atoms with Gasteiger partial charge in [-0.05, 0) is 29.8 Å². The van der Waals surface area contributed by atoms with Crippen LogP contribution in [0.4, 0.5) is 17.6 Å². The summed E-state index contributed by atoms with van der Waals surface area (Å²) in [7, 11) is 0. The molecule has 0 atom stereocenters. The molecule has 2 N–H and O–H groups in total. The Morgan fingerprint density at radius 3 is 2.25 bits per heavy atom. The van der Waals surface area contributed by atoms with E-state index in [0.717, 1.165) is 12.1 Å². The second-order valence-corrected chi connectivity index (χ2v) is 2.81. The zero-order chi connectivity index (χ0) is 12.2. The van der Waals surface area contributed by atoms with E-state index < -0.39 is 12.5 Å². The summed E-state index contributed by atoms with van der Waals surface area (Å²) in [5, 5.41) is 3.20. The summed E-state index contributed by atoms with van der Waals surface area (Å²) in [6.45, 7) is 0. The molecule has 0 radical (unpaired) electrons. The molecule has 0 unspecified atom stereocenters. The predicted molar refractivity (Wildman–Crippen MR) is 49.8 cm³/mol. The van der Waals surface area contributed by atoms with E-state index in [1.54, 1.807) is 0 Å². The Kier molecular flexibility index (Phi) is 3.70. The maximum Gasteiger partial charge on any atom is 0.461 e. The van der Waals surface area contributed by atoms with Gasteiger partial charge in [-0.1, -0.05) is 0 Å². The first-order chi connectivity index (χ1) is 7.45. The summed E-state index contributed by atoms with van der Waals surface area (Å²) >= 11 is 0. The molecule has 3 nitrogen and oxygen atoms in total. The van der Waals surface area contributed by atoms with Crippen LogP contribution in [0.5, 0.6) is 5.75 Å². The van der Waals surface area contributed by atoms with Gasteiger partial charge in [-0.3, -0.25) is 0 Å². The standard InChI is InChI=1S/C9H8F4N2O/c10-8(11)9(12,13)16-7-3-1-6(2-4-7)5-15-14/h1-5,8H,14H2. The van der Waals surface area contributed by atoms with Crippen LogP contribution >= 0.6 is 0 Å². The molecule has 0 spiro atoms. The molecule has 88 valence electrons. The summed E-state index contributed by atoms with van der Waals surface area (Å²) in [6, 6.07) is 4.95. The van der Waals surface area contributed by atoms with Crippen LogP contribution in [0.15, 0.2) is 29.4 Å². The Balaban J connectivity index is 2.76. The maximum atomic E-state index is 12.5. The summed E-state index contributed by atoms with van der Waals surface area (Å²) in [5.41, 5.74) is 0.537. The fourth-order valence-electron chi connectivity index (χ4n) is 0.910. The van der Waals surface area contributed by atoms with Crippen molar-refractivity contribution in [3.05, 3.63) is 29.8 Å². The lowest BCUT2D eigenvalue weighted by Gasteiger charge is -2.16. The monoisotopic (exact) mass is 236 g/mol. The number of hydrogen-bond donors (Lipinski definition) is 1. The normalized spacial score (nSPS) is 12.3. The molecule has 0 aliphatic carbocycles. The van der Waals surface area contributed by atoms with Gasteiger partial charge in [-0.15, -0.1) is 0 Å². The van der Waals surface area contributed by atoms with Crippen molar-refractivity contribution in [3.63, 3.8) is 0 Å². The molecule has 0 aromatic heterocycles. The van der Waals surface area contributed by atoms with Crippen molar-refractivity contribution < 1.29 is 22.3 Å². The number of alkyl halides is 4. The molecule has 0 saturated heterocycles. The van der Waals surface area contributed by atoms with Gasteiger partial charge < -0.3 is 10.6 Å². The molecule has 0 aliphatic heterocycles. The average Bonchev–Trinajstić information content (AvgIpc) is 2.21. The van der Waals surface area contributed by atoms with Gasteiger partial charge in [0.2, 0.25) is 0 Å². The van der Waals surface area contributed by atoms with Crippen molar-refractivity contribution in [2.75, 3.05) is 0 Å². The second-order valence-electron chi connectivity index (χ2n) is 2.81. The van der Waals surface area contributed by atoms with Crippen molar-refractivity contribution in [1.29, 1.82) is 0 Å². The SMILES string of the molecule is NN=Cc1ccc(OC(F)(F)C(F)F)cc1. The highest BCUT2D eigenvalue weighted by Gasteiger charge is 2.43. The van der Waals surface area contributed by atoms with E-state index in [-0.39, 0.29) is 5.75 Å². The van der Waals surface area contributed by atoms with Gasteiger partial charge in [0, 0.05) is 0 Å². The Morgan fingerprint density at radius 1 is 1.25 bits per heavy atom. The minimum Gasteiger partial charge on any atom is -0.428 e. The molecule has 0 amide bonds. The number of halogens is 4. The number of hydrazone groups is 1. The van der Waals surface area contributed by atoms with Crippen LogP contribution in [0, 0.1) is 0 Å². The molecule has 0 saturated carbocycles. The van der Waals surface area contributed by atoms with Crippen molar-refractivity contribution in [2.45, 2.75) is 12.5 Å². The summed E-state index contributed by atoms with van der Waals surface area (Å²) in [6.07, 6.45) is -7.10. The summed E-state index contributed by atoms with van der Waals surface area (Å²) in [5.74, 6) is 4.50. The molecule has 16 heavy (non-hydrogen) atoms. The average molecular weight is 236 g/mol. The van der Waals surface area contributed by atoms with Gasteiger partial charge in [0.15, 0.2) is 0 Å². The number of nitrogens with zero attached hydrogens (tertiary/aromatic N) is 1. The fraction of sp³-hybridized carbons (Fsp3) is 0.222. The van der Waals surface area contributed by atoms with Crippen LogP contribution < -0.4 is 10.6 Å². The Morgan fingerprint density at radius 2 is 1.81 bits per heavy atom. The molecule has 1 aromatic carbocycles. The van der Waals surface area contributed by atoms with Crippen LogP contribution in [-0.2, 0) is 0 Å². The molecule has 0 bridgehead atoms. The summed E-state index contributed by atoms with van der Waals surface area (Å²) < 4.78 is 52.3. The van der Waals surface area contributed by atoms with Crippen LogP contribution in [-0.4, -0.2) is 18.7 Å². The molecule has 1 aromatic rings. The smallest absolute Gasteiger partial charge is 0.428 e. The third kappa shape index (κ3) is 3.11. The highest BCUT2D eigenvalue weighted by molar-refractivity contribution is 5.79. The third-order valence-electron chi connectivity index (χ3n) is 1.61. The molecule has 0 fully saturated rings. The predicted octanol–water partition coefficient (Wildman–Crippen LogP) is 2.22. The van der Waals surface area contributed by atoms with Crippen LogP contribution in [0.25, 0.3) is 0 Å². The van der Waals surface area contributed by atoms with Crippen LogP contribution in [0.2, 0.25) is 0 Å². The third-order valence-corrected chi connectivity index (χ3v) is 1.61. The minimum atomic E-state index is -4.50. The Bertz CT molecular complexity index is 364. The second kappa shape index (κ2) is 4.82. The molecular formula is C9H8F4N2O. The quantitative estimate of drug-likeness (QED) is 0.377. The van der Waals surface area contributed by atoms with E-state index in [9.17, 15) is 17.6 Å². The van der Waals surface area contributed by atoms with Crippen molar-refractivity contribution in [3.8, 4) is 5.75 Å². The first-order valence-electron chi connectivity index (χ1n) is 4.14. The minimum absolute atomic E-state index is 0.362. The number of nitrogens with two attached hydrogens (primary N) is 1. The number of ether oxygens (including phenoxy) is 1. The van der Waals surface area contributed by atoms with Gasteiger partial charge in [0.05, 0.1) is 6.21 Å². The van der Waals surface area contributed by atoms with E-state index >= 15 is 0 Å². The lowest BCUT2D eigenvalue weighted by Crippen LogP contribution is -2.33. The fourth-order valence-corrected chi connectivity index (χ4v) is 0.910. The van der Waals surface area contributed by atoms with Crippen LogP contribution in [0.1, 0.15) is 5.56 Å². The van der Waals surface area contributed by atoms with E-state index in [2.05, 4.69) is 9.84 Å². The molecule has 0 heterocycles. The molecule has 0 aliphatic rings. The summed E-state index contributed by atoms with van der Waals surface area (Å²) in [4.78, 5) is 0. The van der Waals surface area contributed by atoms with Gasteiger partial charge in [-0.25, -0.2) is 0 Å². The van der Waals surface area contributed by atoms with E-state index in [4.69, 9.17) is 5.84 Å². The van der Waals surface area contributed by atoms with Gasteiger partial charge >= 0.3 is 12.5 Å². The lowest BCUT2D eigenvalue weighted by atomic mass is 10.2. The van der Waals surface area contributed by atoms with Crippen molar-refractivity contribution in [2.24, 2.45) is 10.9 Å². The first kappa shape index (κ1) is 12.3. The highest BCUT2D eigenvalue weighted by Crippen LogP contribution is 2.27. The number of benzene rings is 1. The van der Waals surface area contributed by atoms with Gasteiger partial charge in [0.25, 0.3) is 0 Å². The van der Waals surface area contributed by atoms with E-state index in [0.29, 0.717) is 5.56 Å². The van der Waals surface area contributed by atoms with E-state index in [1.807, 2.05) is 0 Å². The van der Waals surface area contributed by atoms with Gasteiger partial charge in [0.1, 0.15) is 5.75 Å². The Hall–Kier alpha value is -1.79. The molecule has 1 rings (SSSR count). The maximum absolute atomic E-state index is 12.5. The highest BCUT2D eigenvalue weighted by atomic mass is 19.3. The van der Waals surface area contributed by atoms with Crippen LogP contribution in [0.3, 0.4) is 0 Å². The van der Waals surface area contributed by atoms with Gasteiger partial charge in [-0.2, -0.15) is 22.7 Å². The molecule has 7 heteroatoms. The molecular weight excluding hydrogens is 228 g/mol. The Labute approximate surface area is 88.5 Å². The topological polar surface area (TPSA) is 47.6 Å².